The van der Waals surface area contributed by atoms with Gasteiger partial charge in [0.05, 0.1) is 0 Å². The highest BCUT2D eigenvalue weighted by Crippen LogP contribution is 2.14. The van der Waals surface area contributed by atoms with Crippen molar-refractivity contribution in [2.75, 3.05) is 13.6 Å². The number of halogens is 1. The van der Waals surface area contributed by atoms with Gasteiger partial charge in [0.25, 0.3) is 0 Å². The van der Waals surface area contributed by atoms with Crippen LogP contribution in [-0.4, -0.2) is 25.5 Å². The second-order valence-electron chi connectivity index (χ2n) is 5.24. The van der Waals surface area contributed by atoms with Crippen LogP contribution in [0.3, 0.4) is 0 Å². The molecule has 0 fully saturated rings. The average molecular weight is 346 g/mol. The van der Waals surface area contributed by atoms with Crippen LogP contribution in [-0.2, 0) is 11.2 Å². The highest BCUT2D eigenvalue weighted by atomic mass is 35.5. The smallest absolute Gasteiger partial charge is 0.321 e. The number of hydrogen-bond donors (Lipinski definition) is 3. The number of rotatable bonds is 6. The molecule has 5 nitrogen and oxygen atoms in total. The van der Waals surface area contributed by atoms with Crippen LogP contribution in [0, 0.1) is 0 Å². The lowest BCUT2D eigenvalue weighted by atomic mass is 10.1. The van der Waals surface area contributed by atoms with E-state index in [4.69, 9.17) is 11.6 Å². The van der Waals surface area contributed by atoms with Gasteiger partial charge in [-0.2, -0.15) is 0 Å². The van der Waals surface area contributed by atoms with Gasteiger partial charge in [-0.15, -0.1) is 0 Å². The molecule has 126 valence electrons. The van der Waals surface area contributed by atoms with Crippen molar-refractivity contribution < 1.29 is 9.59 Å². The van der Waals surface area contributed by atoms with Crippen LogP contribution in [0.5, 0.6) is 0 Å². The second kappa shape index (κ2) is 9.05. The van der Waals surface area contributed by atoms with Gasteiger partial charge in [-0.1, -0.05) is 54.1 Å². The van der Waals surface area contributed by atoms with Gasteiger partial charge < -0.3 is 10.6 Å². The number of amides is 3. The third kappa shape index (κ3) is 5.37. The molecule has 0 aliphatic carbocycles. The molecule has 0 aliphatic rings. The minimum absolute atomic E-state index is 0.392. The van der Waals surface area contributed by atoms with E-state index in [-0.39, 0.29) is 0 Å². The maximum Gasteiger partial charge on any atom is 0.321 e. The average Bonchev–Trinajstić information content (AvgIpc) is 2.60. The zero-order valence-electron chi connectivity index (χ0n) is 13.4. The molecular weight excluding hydrogens is 326 g/mol. The van der Waals surface area contributed by atoms with E-state index in [0.717, 1.165) is 17.5 Å². The van der Waals surface area contributed by atoms with Gasteiger partial charge in [0.1, 0.15) is 6.04 Å². The zero-order valence-corrected chi connectivity index (χ0v) is 14.1. The van der Waals surface area contributed by atoms with Crippen LogP contribution in [0.15, 0.2) is 54.6 Å². The van der Waals surface area contributed by atoms with Crippen LogP contribution in [0.25, 0.3) is 0 Å². The van der Waals surface area contributed by atoms with E-state index in [1.807, 2.05) is 54.6 Å². The number of hydrogen-bond acceptors (Lipinski definition) is 3. The first-order chi connectivity index (χ1) is 11.6. The van der Waals surface area contributed by atoms with Gasteiger partial charge in [0, 0.05) is 18.6 Å². The molecule has 1 atom stereocenters. The van der Waals surface area contributed by atoms with Crippen molar-refractivity contribution >= 4 is 23.5 Å². The maximum absolute atomic E-state index is 12.3. The largest absolute Gasteiger partial charge is 0.341 e. The lowest BCUT2D eigenvalue weighted by molar-refractivity contribution is -0.122. The molecule has 0 radical (unpaired) electrons. The molecule has 0 saturated heterocycles. The summed E-state index contributed by atoms with van der Waals surface area (Å²) >= 11 is 5.87. The number of nitrogens with one attached hydrogen (secondary N) is 3. The number of carbonyl (C=O) groups excluding carboxylic acids is 2. The van der Waals surface area contributed by atoms with E-state index in [2.05, 4.69) is 16.0 Å². The van der Waals surface area contributed by atoms with Gasteiger partial charge in [-0.05, 0) is 29.7 Å². The SMILES string of the molecule is CNC(=O)NC(=O)[C@H](NCCc1ccc(Cl)cc1)c1ccccc1. The first-order valence-corrected chi connectivity index (χ1v) is 8.03. The molecule has 0 heterocycles. The summed E-state index contributed by atoms with van der Waals surface area (Å²) in [5.41, 5.74) is 1.92. The Labute approximate surface area is 146 Å². The number of carbonyl (C=O) groups is 2. The van der Waals surface area contributed by atoms with Crippen molar-refractivity contribution in [3.63, 3.8) is 0 Å². The first-order valence-electron chi connectivity index (χ1n) is 7.65. The molecule has 2 aromatic carbocycles. The van der Waals surface area contributed by atoms with Crippen molar-refractivity contribution in [3.8, 4) is 0 Å². The number of urea groups is 1. The van der Waals surface area contributed by atoms with Crippen molar-refractivity contribution in [1.29, 1.82) is 0 Å². The molecule has 24 heavy (non-hydrogen) atoms. The fourth-order valence-electron chi connectivity index (χ4n) is 2.27. The van der Waals surface area contributed by atoms with E-state index in [1.165, 1.54) is 7.05 Å². The Balaban J connectivity index is 2.01. The minimum atomic E-state index is -0.601. The predicted octanol–water partition coefficient (Wildman–Crippen LogP) is 2.67. The molecule has 3 N–H and O–H groups in total. The minimum Gasteiger partial charge on any atom is -0.341 e. The van der Waals surface area contributed by atoms with Crippen molar-refractivity contribution in [2.45, 2.75) is 12.5 Å². The summed E-state index contributed by atoms with van der Waals surface area (Å²) in [4.78, 5) is 23.7. The number of imide groups is 1. The molecule has 0 saturated carbocycles. The summed E-state index contributed by atoms with van der Waals surface area (Å²) in [5.74, 6) is -0.392. The third-order valence-corrected chi connectivity index (χ3v) is 3.79. The van der Waals surface area contributed by atoms with Crippen molar-refractivity contribution in [2.24, 2.45) is 0 Å². The number of benzene rings is 2. The summed E-state index contributed by atoms with van der Waals surface area (Å²) in [7, 11) is 1.47. The molecule has 2 rings (SSSR count). The van der Waals surface area contributed by atoms with E-state index < -0.39 is 18.0 Å². The zero-order chi connectivity index (χ0) is 17.4. The fourth-order valence-corrected chi connectivity index (χ4v) is 2.39. The fraction of sp³-hybridized carbons (Fsp3) is 0.222. The van der Waals surface area contributed by atoms with Crippen LogP contribution in [0.4, 0.5) is 4.79 Å². The Morgan fingerprint density at radius 2 is 1.71 bits per heavy atom. The Kier molecular flexibility index (Phi) is 6.78. The van der Waals surface area contributed by atoms with Crippen LogP contribution in [0.1, 0.15) is 17.2 Å². The second-order valence-corrected chi connectivity index (χ2v) is 5.68. The van der Waals surface area contributed by atoms with Gasteiger partial charge in [0.2, 0.25) is 5.91 Å². The predicted molar refractivity (Wildman–Crippen MR) is 94.9 cm³/mol. The lowest BCUT2D eigenvalue weighted by Crippen LogP contribution is -2.44. The van der Waals surface area contributed by atoms with Gasteiger partial charge in [-0.25, -0.2) is 4.79 Å². The van der Waals surface area contributed by atoms with Gasteiger partial charge in [-0.3, -0.25) is 10.1 Å². The van der Waals surface area contributed by atoms with E-state index in [0.29, 0.717) is 11.6 Å². The Morgan fingerprint density at radius 1 is 1.04 bits per heavy atom. The van der Waals surface area contributed by atoms with E-state index >= 15 is 0 Å². The Bertz CT molecular complexity index is 674. The van der Waals surface area contributed by atoms with Crippen molar-refractivity contribution in [1.82, 2.24) is 16.0 Å². The quantitative estimate of drug-likeness (QED) is 0.753. The molecule has 0 bridgehead atoms. The highest BCUT2D eigenvalue weighted by molar-refractivity contribution is 6.30. The molecule has 0 aliphatic heterocycles. The molecule has 6 heteroatoms. The van der Waals surface area contributed by atoms with Crippen LogP contribution >= 0.6 is 11.6 Å². The standard InChI is InChI=1S/C18H20ClN3O2/c1-20-18(24)22-17(23)16(14-5-3-2-4-6-14)21-12-11-13-7-9-15(19)10-8-13/h2-10,16,21H,11-12H2,1H3,(H2,20,22,23,24)/t16-/m1/s1. The Morgan fingerprint density at radius 3 is 2.33 bits per heavy atom. The highest BCUT2D eigenvalue weighted by Gasteiger charge is 2.21. The first kappa shape index (κ1) is 18.0. The van der Waals surface area contributed by atoms with Crippen LogP contribution < -0.4 is 16.0 Å². The normalized spacial score (nSPS) is 11.6. The van der Waals surface area contributed by atoms with Gasteiger partial charge in [0.15, 0.2) is 0 Å². The molecule has 0 unspecified atom stereocenters. The van der Waals surface area contributed by atoms with Crippen LogP contribution in [0.2, 0.25) is 5.02 Å². The molecule has 0 spiro atoms. The molecule has 2 aromatic rings. The van der Waals surface area contributed by atoms with E-state index in [1.54, 1.807) is 0 Å². The summed E-state index contributed by atoms with van der Waals surface area (Å²) in [6, 6.07) is 15.7. The van der Waals surface area contributed by atoms with E-state index in [9.17, 15) is 9.59 Å². The molecule has 3 amide bonds. The Hall–Kier alpha value is -2.37. The van der Waals surface area contributed by atoms with Gasteiger partial charge >= 0.3 is 6.03 Å². The monoisotopic (exact) mass is 345 g/mol. The summed E-state index contributed by atoms with van der Waals surface area (Å²) in [5, 5.41) is 8.59. The lowest BCUT2D eigenvalue weighted by Gasteiger charge is -2.18. The molecule has 0 aromatic heterocycles. The molecular formula is C18H20ClN3O2. The summed E-state index contributed by atoms with van der Waals surface area (Å²) in [6.07, 6.45) is 0.744. The summed E-state index contributed by atoms with van der Waals surface area (Å²) in [6.45, 7) is 0.586. The third-order valence-electron chi connectivity index (χ3n) is 3.53. The summed E-state index contributed by atoms with van der Waals surface area (Å²) < 4.78 is 0. The van der Waals surface area contributed by atoms with Crippen molar-refractivity contribution in [3.05, 3.63) is 70.7 Å². The maximum atomic E-state index is 12.3. The topological polar surface area (TPSA) is 70.2 Å².